The van der Waals surface area contributed by atoms with E-state index >= 15 is 0 Å². The number of fused-ring (bicyclic) bond motifs is 1. The van der Waals surface area contributed by atoms with Crippen molar-refractivity contribution in [2.75, 3.05) is 7.05 Å². The Bertz CT molecular complexity index is 541. The zero-order valence-electron chi connectivity index (χ0n) is 11.1. The van der Waals surface area contributed by atoms with Gasteiger partial charge < -0.3 is 5.32 Å². The molecule has 1 aliphatic rings. The van der Waals surface area contributed by atoms with E-state index in [1.165, 1.54) is 23.2 Å². The van der Waals surface area contributed by atoms with E-state index in [-0.39, 0.29) is 6.04 Å². The smallest absolute Gasteiger partial charge is 0.0544 e. The van der Waals surface area contributed by atoms with Crippen LogP contribution < -0.4 is 5.32 Å². The van der Waals surface area contributed by atoms with Crippen molar-refractivity contribution in [1.29, 1.82) is 0 Å². The van der Waals surface area contributed by atoms with Gasteiger partial charge in [0.05, 0.1) is 6.20 Å². The number of pyridine rings is 1. The Kier molecular flexibility index (Phi) is 3.51. The molecule has 1 N–H and O–H groups in total. The van der Waals surface area contributed by atoms with Crippen molar-refractivity contribution < 1.29 is 0 Å². The summed E-state index contributed by atoms with van der Waals surface area (Å²) in [6, 6.07) is 6.52. The van der Waals surface area contributed by atoms with Crippen molar-refractivity contribution in [3.05, 3.63) is 53.6 Å². The zero-order valence-corrected chi connectivity index (χ0v) is 11.1. The molecule has 98 valence electrons. The molecule has 0 radical (unpaired) electrons. The minimum absolute atomic E-state index is 0.254. The van der Waals surface area contributed by atoms with Crippen molar-refractivity contribution in [2.24, 2.45) is 0 Å². The van der Waals surface area contributed by atoms with Crippen molar-refractivity contribution in [3.8, 4) is 0 Å². The van der Waals surface area contributed by atoms with Gasteiger partial charge in [0.25, 0.3) is 0 Å². The molecule has 19 heavy (non-hydrogen) atoms. The van der Waals surface area contributed by atoms with E-state index < -0.39 is 0 Å². The lowest BCUT2D eigenvalue weighted by molar-refractivity contribution is 0.414. The van der Waals surface area contributed by atoms with E-state index in [0.29, 0.717) is 5.92 Å². The summed E-state index contributed by atoms with van der Waals surface area (Å²) in [5, 5.41) is 11.3. The van der Waals surface area contributed by atoms with Crippen LogP contribution in [0.5, 0.6) is 0 Å². The van der Waals surface area contributed by atoms with Crippen LogP contribution in [-0.2, 0) is 6.42 Å². The van der Waals surface area contributed by atoms with Crippen LogP contribution in [0.1, 0.15) is 41.6 Å². The Morgan fingerprint density at radius 3 is 3.00 bits per heavy atom. The largest absolute Gasteiger partial charge is 0.312 e. The molecule has 0 saturated heterocycles. The van der Waals surface area contributed by atoms with Gasteiger partial charge in [-0.05, 0) is 49.6 Å². The first-order valence-electron chi connectivity index (χ1n) is 6.78. The van der Waals surface area contributed by atoms with Gasteiger partial charge in [-0.15, -0.1) is 0 Å². The molecule has 2 heterocycles. The molecule has 2 aromatic rings. The fourth-order valence-electron chi connectivity index (χ4n) is 3.05. The highest BCUT2D eigenvalue weighted by Crippen LogP contribution is 2.38. The minimum Gasteiger partial charge on any atom is -0.312 e. The van der Waals surface area contributed by atoms with Gasteiger partial charge in [-0.1, -0.05) is 6.07 Å². The van der Waals surface area contributed by atoms with Crippen LogP contribution in [0.15, 0.2) is 36.8 Å². The molecule has 0 aliphatic heterocycles. The van der Waals surface area contributed by atoms with Crippen molar-refractivity contribution in [2.45, 2.75) is 31.2 Å². The molecule has 3 rings (SSSR count). The summed E-state index contributed by atoms with van der Waals surface area (Å²) in [5.74, 6) is 0.416. The summed E-state index contributed by atoms with van der Waals surface area (Å²) in [5.41, 5.74) is 3.81. The monoisotopic (exact) mass is 254 g/mol. The molecule has 1 aliphatic carbocycles. The first-order valence-corrected chi connectivity index (χ1v) is 6.78. The summed E-state index contributed by atoms with van der Waals surface area (Å²) in [6.45, 7) is 0. The molecular formula is C15H18N4. The van der Waals surface area contributed by atoms with Gasteiger partial charge in [-0.2, -0.15) is 10.2 Å². The topological polar surface area (TPSA) is 50.7 Å². The lowest BCUT2D eigenvalue weighted by Crippen LogP contribution is -2.27. The van der Waals surface area contributed by atoms with Crippen LogP contribution >= 0.6 is 0 Å². The Labute approximate surface area is 113 Å². The minimum atomic E-state index is 0.254. The molecule has 2 aromatic heterocycles. The van der Waals surface area contributed by atoms with E-state index in [4.69, 9.17) is 0 Å². The van der Waals surface area contributed by atoms with Crippen LogP contribution in [0.3, 0.4) is 0 Å². The molecule has 2 atom stereocenters. The van der Waals surface area contributed by atoms with Crippen molar-refractivity contribution in [3.63, 3.8) is 0 Å². The molecule has 4 nitrogen and oxygen atoms in total. The molecule has 0 spiro atoms. The number of rotatable bonds is 3. The molecule has 0 amide bonds. The molecule has 0 fully saturated rings. The summed E-state index contributed by atoms with van der Waals surface area (Å²) >= 11 is 0. The fraction of sp³-hybridized carbons (Fsp3) is 0.400. The Balaban J connectivity index is 1.97. The second kappa shape index (κ2) is 5.45. The number of hydrogen-bond donors (Lipinski definition) is 1. The van der Waals surface area contributed by atoms with E-state index in [0.717, 1.165) is 12.8 Å². The van der Waals surface area contributed by atoms with Gasteiger partial charge in [0, 0.05) is 30.0 Å². The maximum Gasteiger partial charge on any atom is 0.0544 e. The highest BCUT2D eigenvalue weighted by molar-refractivity contribution is 5.30. The molecule has 4 heteroatoms. The third kappa shape index (κ3) is 2.36. The van der Waals surface area contributed by atoms with Crippen molar-refractivity contribution in [1.82, 2.24) is 20.5 Å². The maximum atomic E-state index is 4.62. The first-order chi connectivity index (χ1) is 9.40. The van der Waals surface area contributed by atoms with Crippen LogP contribution in [-0.4, -0.2) is 22.2 Å². The first kappa shape index (κ1) is 12.2. The summed E-state index contributed by atoms with van der Waals surface area (Å²) in [6.07, 6.45) is 9.03. The molecule has 0 saturated carbocycles. The average Bonchev–Trinajstić information content (AvgIpc) is 2.49. The van der Waals surface area contributed by atoms with E-state index in [1.807, 2.05) is 31.6 Å². The predicted octanol–water partition coefficient (Wildman–Crippen LogP) is 2.25. The summed E-state index contributed by atoms with van der Waals surface area (Å²) in [4.78, 5) is 4.62. The number of nitrogens with one attached hydrogen (secondary N) is 1. The standard InChI is InChI=1S/C15H18N4/c1-16-14(12-7-9-18-19-10-12)13-6-2-4-11-5-3-8-17-15(11)13/h3,5,7-10,13-14,16H,2,4,6H2,1H3. The Morgan fingerprint density at radius 2 is 2.21 bits per heavy atom. The number of nitrogens with zero attached hydrogens (tertiary/aromatic N) is 3. The van der Waals surface area contributed by atoms with Crippen LogP contribution in [0, 0.1) is 0 Å². The molecule has 2 unspecified atom stereocenters. The number of aryl methyl sites for hydroxylation is 1. The summed E-state index contributed by atoms with van der Waals surface area (Å²) in [7, 11) is 2.00. The second-order valence-electron chi connectivity index (χ2n) is 4.99. The third-order valence-electron chi connectivity index (χ3n) is 3.92. The zero-order chi connectivity index (χ0) is 13.1. The van der Waals surface area contributed by atoms with Gasteiger partial charge in [0.15, 0.2) is 0 Å². The van der Waals surface area contributed by atoms with Crippen molar-refractivity contribution >= 4 is 0 Å². The normalized spacial score (nSPS) is 19.7. The third-order valence-corrected chi connectivity index (χ3v) is 3.92. The average molecular weight is 254 g/mol. The number of hydrogen-bond acceptors (Lipinski definition) is 4. The van der Waals surface area contributed by atoms with Gasteiger partial charge >= 0.3 is 0 Å². The van der Waals surface area contributed by atoms with E-state index in [2.05, 4.69) is 26.6 Å². The highest BCUT2D eigenvalue weighted by Gasteiger charge is 2.29. The van der Waals surface area contributed by atoms with Gasteiger partial charge in [-0.25, -0.2) is 0 Å². The Morgan fingerprint density at radius 1 is 1.26 bits per heavy atom. The lowest BCUT2D eigenvalue weighted by Gasteiger charge is -2.31. The SMILES string of the molecule is CNC(c1ccnnc1)C1CCCc2cccnc21. The quantitative estimate of drug-likeness (QED) is 0.912. The van der Waals surface area contributed by atoms with E-state index in [9.17, 15) is 0 Å². The maximum absolute atomic E-state index is 4.62. The summed E-state index contributed by atoms with van der Waals surface area (Å²) < 4.78 is 0. The Hall–Kier alpha value is -1.81. The van der Waals surface area contributed by atoms with Gasteiger partial charge in [-0.3, -0.25) is 4.98 Å². The molecule has 0 aromatic carbocycles. The fourth-order valence-corrected chi connectivity index (χ4v) is 3.05. The van der Waals surface area contributed by atoms with Crippen LogP contribution in [0.25, 0.3) is 0 Å². The highest BCUT2D eigenvalue weighted by atomic mass is 15.1. The second-order valence-corrected chi connectivity index (χ2v) is 4.99. The molecule has 0 bridgehead atoms. The predicted molar refractivity (Wildman–Crippen MR) is 73.7 cm³/mol. The van der Waals surface area contributed by atoms with Crippen LogP contribution in [0.4, 0.5) is 0 Å². The number of likely N-dealkylation sites (N-methyl/N-ethyl adjacent to an activating group) is 1. The van der Waals surface area contributed by atoms with E-state index in [1.54, 1.807) is 6.20 Å². The number of aromatic nitrogens is 3. The van der Waals surface area contributed by atoms with Gasteiger partial charge in [0.2, 0.25) is 0 Å². The molecular weight excluding hydrogens is 236 g/mol. The van der Waals surface area contributed by atoms with Crippen LogP contribution in [0.2, 0.25) is 0 Å². The van der Waals surface area contributed by atoms with Gasteiger partial charge in [0.1, 0.15) is 0 Å². The lowest BCUT2D eigenvalue weighted by atomic mass is 9.80.